The van der Waals surface area contributed by atoms with Gasteiger partial charge in [-0.3, -0.25) is 19.2 Å². The molecule has 0 unspecified atom stereocenters. The molecule has 0 saturated heterocycles. The molecule has 0 aliphatic rings. The largest absolute Gasteiger partial charge is 0.324 e. The summed E-state index contributed by atoms with van der Waals surface area (Å²) in [5.41, 5.74) is 0.0576. The highest BCUT2D eigenvalue weighted by atomic mass is 79.9. The summed E-state index contributed by atoms with van der Waals surface area (Å²) in [6, 6.07) is 17.3. The van der Waals surface area contributed by atoms with Crippen LogP contribution in [0.5, 0.6) is 0 Å². The molecular formula is C20H15BrClN3O5S. The number of hydrogen-bond acceptors (Lipinski definition) is 5. The maximum absolute atomic E-state index is 13.2. The highest BCUT2D eigenvalue weighted by molar-refractivity contribution is 9.10. The minimum atomic E-state index is -4.18. The number of sulfonamides is 1. The Labute approximate surface area is 191 Å². The van der Waals surface area contributed by atoms with Crippen molar-refractivity contribution in [3.63, 3.8) is 0 Å². The standard InChI is InChI=1S/C20H15BrClN3O5S/c21-18-10-9-14(11-19(18)22)23-20(26)13-24(15-5-4-6-16(12-15)25(27)28)31(29,30)17-7-2-1-3-8-17/h1-12H,13H2,(H,23,26). The second-order valence-corrected chi connectivity index (χ2v) is 9.40. The monoisotopic (exact) mass is 523 g/mol. The van der Waals surface area contributed by atoms with Crippen LogP contribution in [0.3, 0.4) is 0 Å². The van der Waals surface area contributed by atoms with Gasteiger partial charge in [0, 0.05) is 22.3 Å². The van der Waals surface area contributed by atoms with E-state index in [9.17, 15) is 23.3 Å². The summed E-state index contributed by atoms with van der Waals surface area (Å²) in [7, 11) is -4.18. The van der Waals surface area contributed by atoms with Gasteiger partial charge >= 0.3 is 0 Å². The molecule has 8 nitrogen and oxygen atoms in total. The van der Waals surface area contributed by atoms with Gasteiger partial charge in [0.2, 0.25) is 5.91 Å². The lowest BCUT2D eigenvalue weighted by atomic mass is 10.3. The fourth-order valence-corrected chi connectivity index (χ4v) is 4.56. The van der Waals surface area contributed by atoms with E-state index in [1.807, 2.05) is 0 Å². The van der Waals surface area contributed by atoms with E-state index < -0.39 is 27.4 Å². The topological polar surface area (TPSA) is 110 Å². The van der Waals surface area contributed by atoms with Crippen LogP contribution < -0.4 is 9.62 Å². The summed E-state index contributed by atoms with van der Waals surface area (Å²) in [5.74, 6) is -0.649. The number of anilines is 2. The van der Waals surface area contributed by atoms with Crippen molar-refractivity contribution in [2.24, 2.45) is 0 Å². The second-order valence-electron chi connectivity index (χ2n) is 6.28. The van der Waals surface area contributed by atoms with Gasteiger partial charge in [0.1, 0.15) is 6.54 Å². The predicted molar refractivity (Wildman–Crippen MR) is 122 cm³/mol. The van der Waals surface area contributed by atoms with Crippen LogP contribution in [0.15, 0.2) is 82.2 Å². The maximum Gasteiger partial charge on any atom is 0.271 e. The Balaban J connectivity index is 1.97. The first-order valence-corrected chi connectivity index (χ1v) is 11.4. The summed E-state index contributed by atoms with van der Waals surface area (Å²) in [4.78, 5) is 23.2. The Morgan fingerprint density at radius 2 is 1.77 bits per heavy atom. The highest BCUT2D eigenvalue weighted by Gasteiger charge is 2.28. The average Bonchev–Trinajstić information content (AvgIpc) is 2.75. The molecule has 0 radical (unpaired) electrons. The number of benzene rings is 3. The Hall–Kier alpha value is -2.95. The third-order valence-corrected chi connectivity index (χ3v) is 7.17. The van der Waals surface area contributed by atoms with Crippen molar-refractivity contribution in [3.05, 3.63) is 92.4 Å². The number of amides is 1. The lowest BCUT2D eigenvalue weighted by molar-refractivity contribution is -0.384. The van der Waals surface area contributed by atoms with Crippen molar-refractivity contribution in [1.82, 2.24) is 0 Å². The zero-order valence-electron chi connectivity index (χ0n) is 15.7. The van der Waals surface area contributed by atoms with Gasteiger partial charge in [-0.05, 0) is 52.3 Å². The number of nitrogens with zero attached hydrogens (tertiary/aromatic N) is 2. The molecule has 1 amide bonds. The number of non-ortho nitro benzene ring substituents is 1. The molecule has 0 fully saturated rings. The molecule has 0 heterocycles. The van der Waals surface area contributed by atoms with Crippen LogP contribution in [0.25, 0.3) is 0 Å². The molecule has 0 spiro atoms. The molecule has 0 aliphatic heterocycles. The van der Waals surface area contributed by atoms with E-state index in [2.05, 4.69) is 21.2 Å². The summed E-state index contributed by atoms with van der Waals surface area (Å²) >= 11 is 9.28. The minimum absolute atomic E-state index is 0.0120. The third kappa shape index (κ3) is 5.40. The maximum atomic E-state index is 13.2. The Kier molecular flexibility index (Phi) is 6.94. The van der Waals surface area contributed by atoms with Crippen molar-refractivity contribution < 1.29 is 18.1 Å². The van der Waals surface area contributed by atoms with Gasteiger partial charge in [-0.2, -0.15) is 0 Å². The van der Waals surface area contributed by atoms with Gasteiger partial charge in [-0.25, -0.2) is 8.42 Å². The van der Waals surface area contributed by atoms with E-state index in [-0.39, 0.29) is 16.3 Å². The van der Waals surface area contributed by atoms with Gasteiger partial charge < -0.3 is 5.32 Å². The van der Waals surface area contributed by atoms with E-state index in [0.717, 1.165) is 10.4 Å². The average molecular weight is 525 g/mol. The second kappa shape index (κ2) is 9.46. The highest BCUT2D eigenvalue weighted by Crippen LogP contribution is 2.28. The zero-order valence-corrected chi connectivity index (χ0v) is 18.9. The van der Waals surface area contributed by atoms with Crippen molar-refractivity contribution in [3.8, 4) is 0 Å². The van der Waals surface area contributed by atoms with E-state index in [0.29, 0.717) is 15.2 Å². The first-order valence-electron chi connectivity index (χ1n) is 8.75. The van der Waals surface area contributed by atoms with E-state index in [1.54, 1.807) is 30.3 Å². The fourth-order valence-electron chi connectivity index (χ4n) is 2.70. The summed E-state index contributed by atoms with van der Waals surface area (Å²) < 4.78 is 28.0. The number of halogens is 2. The van der Waals surface area contributed by atoms with Crippen LogP contribution in [0.4, 0.5) is 17.1 Å². The molecular weight excluding hydrogens is 510 g/mol. The van der Waals surface area contributed by atoms with Crippen LogP contribution >= 0.6 is 27.5 Å². The number of hydrogen-bond donors (Lipinski definition) is 1. The van der Waals surface area contributed by atoms with Crippen LogP contribution in [0.2, 0.25) is 5.02 Å². The molecule has 0 bridgehead atoms. The molecule has 3 aromatic carbocycles. The number of rotatable bonds is 7. The van der Waals surface area contributed by atoms with Gasteiger partial charge in [0.05, 0.1) is 20.5 Å². The zero-order chi connectivity index (χ0) is 22.6. The van der Waals surface area contributed by atoms with E-state index in [1.165, 1.54) is 36.4 Å². The van der Waals surface area contributed by atoms with Gasteiger partial charge in [0.15, 0.2) is 0 Å². The lowest BCUT2D eigenvalue weighted by Gasteiger charge is -2.24. The van der Waals surface area contributed by atoms with Crippen LogP contribution in [0, 0.1) is 10.1 Å². The fraction of sp³-hybridized carbons (Fsp3) is 0.0500. The molecule has 11 heteroatoms. The molecule has 31 heavy (non-hydrogen) atoms. The third-order valence-electron chi connectivity index (χ3n) is 4.15. The summed E-state index contributed by atoms with van der Waals surface area (Å²) in [5, 5.41) is 14.1. The normalized spacial score (nSPS) is 11.0. The van der Waals surface area contributed by atoms with Gasteiger partial charge in [0.25, 0.3) is 15.7 Å². The Bertz CT molecular complexity index is 1240. The van der Waals surface area contributed by atoms with Gasteiger partial charge in [-0.1, -0.05) is 35.9 Å². The Morgan fingerprint density at radius 3 is 2.42 bits per heavy atom. The van der Waals surface area contributed by atoms with Crippen LogP contribution in [0.1, 0.15) is 0 Å². The molecule has 1 N–H and O–H groups in total. The first kappa shape index (κ1) is 22.7. The molecule has 0 aliphatic carbocycles. The number of nitro benzene ring substituents is 1. The minimum Gasteiger partial charge on any atom is -0.324 e. The van der Waals surface area contributed by atoms with E-state index >= 15 is 0 Å². The SMILES string of the molecule is O=C(CN(c1cccc([N+](=O)[O-])c1)S(=O)(=O)c1ccccc1)Nc1ccc(Br)c(Cl)c1. The molecule has 3 aromatic rings. The smallest absolute Gasteiger partial charge is 0.271 e. The van der Waals surface area contributed by atoms with Crippen molar-refractivity contribution in [2.45, 2.75) is 4.90 Å². The summed E-state index contributed by atoms with van der Waals surface area (Å²) in [6.45, 7) is -0.605. The summed E-state index contributed by atoms with van der Waals surface area (Å²) in [6.07, 6.45) is 0. The quantitative estimate of drug-likeness (QED) is 0.351. The molecule has 0 atom stereocenters. The predicted octanol–water partition coefficient (Wildman–Crippen LogP) is 4.84. The molecule has 160 valence electrons. The van der Waals surface area contributed by atoms with Crippen molar-refractivity contribution >= 4 is 60.5 Å². The van der Waals surface area contributed by atoms with Crippen LogP contribution in [-0.2, 0) is 14.8 Å². The van der Waals surface area contributed by atoms with Gasteiger partial charge in [-0.15, -0.1) is 0 Å². The number of nitro groups is 1. The lowest BCUT2D eigenvalue weighted by Crippen LogP contribution is -2.38. The first-order chi connectivity index (χ1) is 14.7. The Morgan fingerprint density at radius 1 is 1.06 bits per heavy atom. The number of carbonyl (C=O) groups excluding carboxylic acids is 1. The molecule has 0 aromatic heterocycles. The molecule has 3 rings (SSSR count). The van der Waals surface area contributed by atoms with Crippen molar-refractivity contribution in [1.29, 1.82) is 0 Å². The van der Waals surface area contributed by atoms with Crippen molar-refractivity contribution in [2.75, 3.05) is 16.2 Å². The molecule has 0 saturated carbocycles. The van der Waals surface area contributed by atoms with Crippen LogP contribution in [-0.4, -0.2) is 25.8 Å². The number of nitrogens with one attached hydrogen (secondary N) is 1. The van der Waals surface area contributed by atoms with E-state index in [4.69, 9.17) is 11.6 Å². The number of carbonyl (C=O) groups is 1.